The molecule has 0 fully saturated rings. The Labute approximate surface area is 108 Å². The molecule has 0 spiro atoms. The molecule has 0 aliphatic heterocycles. The highest BCUT2D eigenvalue weighted by Gasteiger charge is 2.25. The van der Waals surface area contributed by atoms with Gasteiger partial charge in [0.2, 0.25) is 0 Å². The third-order valence-electron chi connectivity index (χ3n) is 2.30. The van der Waals surface area contributed by atoms with Crippen LogP contribution in [0, 0.1) is 0 Å². The summed E-state index contributed by atoms with van der Waals surface area (Å²) in [6.45, 7) is 0. The first-order valence-corrected chi connectivity index (χ1v) is 5.44. The van der Waals surface area contributed by atoms with Gasteiger partial charge in [-0.2, -0.15) is 0 Å². The summed E-state index contributed by atoms with van der Waals surface area (Å²) < 4.78 is 1.17. The molecule has 2 aromatic rings. The molecular formula is C12H9ClN2O3. The standard InChI is InChI=1S/C12H9ClN2O3/c13-10-6-2-1-5-9(10)11(16)15(12(17)18)14-7-3-4-8-14/h1-8H,(H,17,18). The summed E-state index contributed by atoms with van der Waals surface area (Å²) in [6.07, 6.45) is 1.54. The van der Waals surface area contributed by atoms with E-state index in [1.54, 1.807) is 24.3 Å². The van der Waals surface area contributed by atoms with Gasteiger partial charge in [-0.1, -0.05) is 23.7 Å². The van der Waals surface area contributed by atoms with Crippen molar-refractivity contribution in [1.29, 1.82) is 0 Å². The molecule has 0 radical (unpaired) electrons. The van der Waals surface area contributed by atoms with Crippen molar-refractivity contribution in [3.05, 3.63) is 59.4 Å². The van der Waals surface area contributed by atoms with Crippen LogP contribution >= 0.6 is 11.6 Å². The van der Waals surface area contributed by atoms with Crippen molar-refractivity contribution in [3.63, 3.8) is 0 Å². The molecule has 92 valence electrons. The number of imide groups is 1. The van der Waals surface area contributed by atoms with Gasteiger partial charge in [-0.05, 0) is 24.3 Å². The summed E-state index contributed by atoms with van der Waals surface area (Å²) in [5.74, 6) is -0.704. The van der Waals surface area contributed by atoms with Crippen molar-refractivity contribution in [2.45, 2.75) is 0 Å². The predicted molar refractivity (Wildman–Crippen MR) is 66.5 cm³/mol. The van der Waals surface area contributed by atoms with E-state index >= 15 is 0 Å². The van der Waals surface area contributed by atoms with Gasteiger partial charge in [-0.15, -0.1) is 5.01 Å². The number of carbonyl (C=O) groups is 2. The predicted octanol–water partition coefficient (Wildman–Crippen LogP) is 2.60. The molecule has 1 N–H and O–H groups in total. The lowest BCUT2D eigenvalue weighted by Gasteiger charge is -2.18. The molecule has 0 saturated carbocycles. The monoisotopic (exact) mass is 264 g/mol. The lowest BCUT2D eigenvalue weighted by molar-refractivity contribution is 0.0953. The van der Waals surface area contributed by atoms with Crippen LogP contribution in [-0.2, 0) is 0 Å². The van der Waals surface area contributed by atoms with Crippen LogP contribution in [0.2, 0.25) is 5.02 Å². The van der Waals surface area contributed by atoms with E-state index in [1.807, 2.05) is 0 Å². The number of aromatic nitrogens is 1. The summed E-state index contributed by atoms with van der Waals surface area (Å²) >= 11 is 5.88. The first kappa shape index (κ1) is 12.2. The zero-order valence-corrected chi connectivity index (χ0v) is 9.91. The second kappa shape index (κ2) is 4.93. The summed E-state index contributed by atoms with van der Waals surface area (Å²) in [5.41, 5.74) is 0.135. The molecule has 1 aromatic carbocycles. The molecule has 18 heavy (non-hydrogen) atoms. The SMILES string of the molecule is O=C(O)N(C(=O)c1ccccc1Cl)n1cccc1. The Morgan fingerprint density at radius 1 is 1.11 bits per heavy atom. The van der Waals surface area contributed by atoms with E-state index in [4.69, 9.17) is 16.7 Å². The van der Waals surface area contributed by atoms with E-state index in [0.29, 0.717) is 5.01 Å². The van der Waals surface area contributed by atoms with Crippen LogP contribution in [0.25, 0.3) is 0 Å². The second-order valence-electron chi connectivity index (χ2n) is 3.44. The number of amides is 2. The Hall–Kier alpha value is -2.27. The highest BCUT2D eigenvalue weighted by molar-refractivity contribution is 6.35. The fraction of sp³-hybridized carbons (Fsp3) is 0. The number of nitrogens with zero attached hydrogens (tertiary/aromatic N) is 2. The van der Waals surface area contributed by atoms with Gasteiger partial charge in [-0.25, -0.2) is 4.79 Å². The molecule has 0 atom stereocenters. The van der Waals surface area contributed by atoms with Gasteiger partial charge in [0.15, 0.2) is 0 Å². The van der Waals surface area contributed by atoms with Crippen molar-refractivity contribution in [2.75, 3.05) is 5.01 Å². The van der Waals surface area contributed by atoms with Crippen molar-refractivity contribution in [1.82, 2.24) is 4.68 Å². The molecule has 2 amide bonds. The van der Waals surface area contributed by atoms with Gasteiger partial charge in [0.05, 0.1) is 10.6 Å². The molecule has 0 saturated heterocycles. The van der Waals surface area contributed by atoms with Gasteiger partial charge < -0.3 is 5.11 Å². The molecule has 2 rings (SSSR count). The number of carboxylic acid groups (broad SMARTS) is 1. The molecular weight excluding hydrogens is 256 g/mol. The second-order valence-corrected chi connectivity index (χ2v) is 3.85. The van der Waals surface area contributed by atoms with Crippen LogP contribution in [0.1, 0.15) is 10.4 Å². The van der Waals surface area contributed by atoms with E-state index in [0.717, 1.165) is 0 Å². The molecule has 0 aliphatic carbocycles. The number of halogens is 1. The minimum atomic E-state index is -1.38. The molecule has 0 aliphatic rings. The van der Waals surface area contributed by atoms with Crippen molar-refractivity contribution in [3.8, 4) is 0 Å². The van der Waals surface area contributed by atoms with Gasteiger partial charge in [-0.3, -0.25) is 9.47 Å². The number of hydrogen-bond acceptors (Lipinski definition) is 2. The maximum absolute atomic E-state index is 12.1. The van der Waals surface area contributed by atoms with Gasteiger partial charge in [0.1, 0.15) is 0 Å². The molecule has 6 heteroatoms. The average Bonchev–Trinajstić information content (AvgIpc) is 2.82. The third kappa shape index (κ3) is 2.21. The summed E-state index contributed by atoms with van der Waals surface area (Å²) in [4.78, 5) is 23.3. The molecule has 0 bridgehead atoms. The van der Waals surface area contributed by atoms with Crippen molar-refractivity contribution in [2.24, 2.45) is 0 Å². The van der Waals surface area contributed by atoms with Crippen molar-refractivity contribution < 1.29 is 14.7 Å². The number of hydrogen-bond donors (Lipinski definition) is 1. The lowest BCUT2D eigenvalue weighted by Crippen LogP contribution is -2.43. The van der Waals surface area contributed by atoms with Crippen molar-refractivity contribution >= 4 is 23.6 Å². The molecule has 0 unspecified atom stereocenters. The lowest BCUT2D eigenvalue weighted by atomic mass is 10.2. The van der Waals surface area contributed by atoms with E-state index in [9.17, 15) is 9.59 Å². The zero-order chi connectivity index (χ0) is 13.1. The summed E-state index contributed by atoms with van der Waals surface area (Å²) in [5, 5.41) is 9.90. The quantitative estimate of drug-likeness (QED) is 0.907. The van der Waals surface area contributed by atoms with Crippen LogP contribution in [0.15, 0.2) is 48.8 Å². The Morgan fingerprint density at radius 2 is 1.72 bits per heavy atom. The highest BCUT2D eigenvalue weighted by Crippen LogP contribution is 2.17. The summed E-state index contributed by atoms with van der Waals surface area (Å²) in [7, 11) is 0. The number of benzene rings is 1. The van der Waals surface area contributed by atoms with Crippen LogP contribution < -0.4 is 5.01 Å². The number of rotatable bonds is 2. The average molecular weight is 265 g/mol. The van der Waals surface area contributed by atoms with Crippen LogP contribution in [0.4, 0.5) is 4.79 Å². The van der Waals surface area contributed by atoms with Crippen LogP contribution in [0.3, 0.4) is 0 Å². The van der Waals surface area contributed by atoms with E-state index in [2.05, 4.69) is 0 Å². The van der Waals surface area contributed by atoms with Crippen LogP contribution in [0.5, 0.6) is 0 Å². The summed E-state index contributed by atoms with van der Waals surface area (Å²) in [6, 6.07) is 9.54. The first-order chi connectivity index (χ1) is 8.61. The van der Waals surface area contributed by atoms with Gasteiger partial charge in [0.25, 0.3) is 5.91 Å². The van der Waals surface area contributed by atoms with E-state index in [-0.39, 0.29) is 10.6 Å². The Kier molecular flexibility index (Phi) is 3.34. The van der Waals surface area contributed by atoms with Gasteiger partial charge >= 0.3 is 6.09 Å². The fourth-order valence-electron chi connectivity index (χ4n) is 1.50. The largest absolute Gasteiger partial charge is 0.463 e. The first-order valence-electron chi connectivity index (χ1n) is 5.06. The highest BCUT2D eigenvalue weighted by atomic mass is 35.5. The molecule has 1 heterocycles. The molecule has 5 nitrogen and oxygen atoms in total. The maximum Gasteiger partial charge on any atom is 0.434 e. The Bertz CT molecular complexity index is 581. The van der Waals surface area contributed by atoms with E-state index in [1.165, 1.54) is 29.2 Å². The van der Waals surface area contributed by atoms with Gasteiger partial charge in [0, 0.05) is 12.4 Å². The fourth-order valence-corrected chi connectivity index (χ4v) is 1.71. The minimum absolute atomic E-state index is 0.135. The zero-order valence-electron chi connectivity index (χ0n) is 9.15. The van der Waals surface area contributed by atoms with E-state index < -0.39 is 12.0 Å². The minimum Gasteiger partial charge on any atom is -0.463 e. The topological polar surface area (TPSA) is 62.5 Å². The maximum atomic E-state index is 12.1. The Balaban J connectivity index is 2.42. The Morgan fingerprint density at radius 3 is 2.28 bits per heavy atom. The van der Waals surface area contributed by atoms with Crippen LogP contribution in [-0.4, -0.2) is 21.8 Å². The third-order valence-corrected chi connectivity index (χ3v) is 2.63. The normalized spacial score (nSPS) is 10.1. The number of carbonyl (C=O) groups excluding carboxylic acids is 1. The smallest absolute Gasteiger partial charge is 0.434 e. The molecule has 1 aromatic heterocycles.